The average molecular weight is 372 g/mol. The van der Waals surface area contributed by atoms with Crippen molar-refractivity contribution in [2.75, 3.05) is 23.4 Å². The van der Waals surface area contributed by atoms with Gasteiger partial charge < -0.3 is 15.4 Å². The van der Waals surface area contributed by atoms with E-state index in [9.17, 15) is 18.0 Å². The molecule has 3 amide bonds. The van der Waals surface area contributed by atoms with E-state index in [-0.39, 0.29) is 11.7 Å². The highest BCUT2D eigenvalue weighted by atomic mass is 32.2. The van der Waals surface area contributed by atoms with Gasteiger partial charge in [0.15, 0.2) is 0 Å². The van der Waals surface area contributed by atoms with Crippen LogP contribution < -0.4 is 25.4 Å². The van der Waals surface area contributed by atoms with Crippen molar-refractivity contribution in [3.8, 4) is 5.75 Å². The highest BCUT2D eigenvalue weighted by Gasteiger charge is 2.17. The van der Waals surface area contributed by atoms with Crippen LogP contribution in [0.5, 0.6) is 5.75 Å². The molecule has 0 saturated carbocycles. The monoisotopic (exact) mass is 372 g/mol. The van der Waals surface area contributed by atoms with E-state index in [0.717, 1.165) is 6.26 Å². The number of urea groups is 1. The van der Waals surface area contributed by atoms with Crippen LogP contribution in [0.3, 0.4) is 0 Å². The average Bonchev–Trinajstić information content (AvgIpc) is 2.44. The second-order valence-electron chi connectivity index (χ2n) is 5.77. The molecule has 140 valence electrons. The number of imide groups is 1. The number of carbonyl (C=O) groups is 2. The lowest BCUT2D eigenvalue weighted by molar-refractivity contribution is -0.120. The zero-order chi connectivity index (χ0) is 19.2. The van der Waals surface area contributed by atoms with E-state index < -0.39 is 28.0 Å². The van der Waals surface area contributed by atoms with Crippen LogP contribution in [-0.2, 0) is 14.8 Å². The molecule has 25 heavy (non-hydrogen) atoms. The maximum atomic E-state index is 12.0. The molecule has 0 saturated heterocycles. The first-order valence-electron chi connectivity index (χ1n) is 7.55. The van der Waals surface area contributed by atoms with Crippen LogP contribution in [-0.4, -0.2) is 45.8 Å². The number of hydrogen-bond acceptors (Lipinski definition) is 6. The van der Waals surface area contributed by atoms with Crippen LogP contribution in [0.15, 0.2) is 18.2 Å². The number of sulfonamides is 1. The van der Waals surface area contributed by atoms with Gasteiger partial charge in [-0.05, 0) is 39.0 Å². The van der Waals surface area contributed by atoms with Crippen LogP contribution in [0, 0.1) is 0 Å². The number of rotatable bonds is 7. The van der Waals surface area contributed by atoms with E-state index in [2.05, 4.69) is 20.7 Å². The Labute approximate surface area is 147 Å². The molecule has 10 heteroatoms. The molecule has 0 aromatic heterocycles. The smallest absolute Gasteiger partial charge is 0.321 e. The fourth-order valence-corrected chi connectivity index (χ4v) is 2.47. The first kappa shape index (κ1) is 20.6. The second-order valence-corrected chi connectivity index (χ2v) is 7.52. The summed E-state index contributed by atoms with van der Waals surface area (Å²) in [6, 6.07) is 3.29. The van der Waals surface area contributed by atoms with Gasteiger partial charge in [-0.1, -0.05) is 0 Å². The highest BCUT2D eigenvalue weighted by Crippen LogP contribution is 2.28. The summed E-state index contributed by atoms with van der Waals surface area (Å²) in [5.74, 6) is -0.184. The fourth-order valence-electron chi connectivity index (χ4n) is 1.91. The molecular formula is C15H24N4O5S. The summed E-state index contributed by atoms with van der Waals surface area (Å²) >= 11 is 0. The Morgan fingerprint density at radius 3 is 2.32 bits per heavy atom. The van der Waals surface area contributed by atoms with Gasteiger partial charge in [0.2, 0.25) is 15.9 Å². The van der Waals surface area contributed by atoms with Crippen LogP contribution >= 0.6 is 0 Å². The molecule has 9 nitrogen and oxygen atoms in total. The molecule has 1 atom stereocenters. The Morgan fingerprint density at radius 1 is 1.16 bits per heavy atom. The highest BCUT2D eigenvalue weighted by molar-refractivity contribution is 7.92. The zero-order valence-electron chi connectivity index (χ0n) is 14.8. The van der Waals surface area contributed by atoms with Gasteiger partial charge in [0.1, 0.15) is 11.8 Å². The second kappa shape index (κ2) is 8.56. The maximum Gasteiger partial charge on any atom is 0.321 e. The van der Waals surface area contributed by atoms with Crippen LogP contribution in [0.1, 0.15) is 20.8 Å². The lowest BCUT2D eigenvalue weighted by Gasteiger charge is -2.17. The number of nitrogens with one attached hydrogen (secondary N) is 4. The fraction of sp³-hybridized carbons (Fsp3) is 0.467. The van der Waals surface area contributed by atoms with Crippen molar-refractivity contribution >= 4 is 33.3 Å². The van der Waals surface area contributed by atoms with Crippen LogP contribution in [0.25, 0.3) is 0 Å². The third kappa shape index (κ3) is 7.29. The first-order valence-corrected chi connectivity index (χ1v) is 9.44. The molecule has 1 aromatic carbocycles. The summed E-state index contributed by atoms with van der Waals surface area (Å²) in [4.78, 5) is 23.6. The molecule has 0 bridgehead atoms. The van der Waals surface area contributed by atoms with Gasteiger partial charge in [-0.2, -0.15) is 0 Å². The normalized spacial score (nSPS) is 12.2. The van der Waals surface area contributed by atoms with E-state index in [0.29, 0.717) is 11.4 Å². The summed E-state index contributed by atoms with van der Waals surface area (Å²) in [5, 5.41) is 7.66. The Morgan fingerprint density at radius 2 is 1.80 bits per heavy atom. The molecule has 1 unspecified atom stereocenters. The van der Waals surface area contributed by atoms with E-state index in [1.807, 2.05) is 0 Å². The van der Waals surface area contributed by atoms with Gasteiger partial charge in [0.25, 0.3) is 0 Å². The summed E-state index contributed by atoms with van der Waals surface area (Å²) in [6.07, 6.45) is 1.02. The SMILES string of the molecule is COc1ccc(NC(C)C(=O)NC(=O)NC(C)C)cc1NS(C)(=O)=O. The number of methoxy groups -OCH3 is 1. The van der Waals surface area contributed by atoms with Gasteiger partial charge in [-0.25, -0.2) is 13.2 Å². The maximum absolute atomic E-state index is 12.0. The van der Waals surface area contributed by atoms with E-state index >= 15 is 0 Å². The van der Waals surface area contributed by atoms with Gasteiger partial charge in [-0.3, -0.25) is 14.8 Å². The number of hydrogen-bond donors (Lipinski definition) is 4. The van der Waals surface area contributed by atoms with Crippen molar-refractivity contribution in [2.45, 2.75) is 32.9 Å². The molecule has 0 heterocycles. The van der Waals surface area contributed by atoms with E-state index in [1.165, 1.54) is 13.2 Å². The third-order valence-corrected chi connectivity index (χ3v) is 3.52. The van der Waals surface area contributed by atoms with Gasteiger partial charge in [0.05, 0.1) is 19.1 Å². The molecule has 0 fully saturated rings. The largest absolute Gasteiger partial charge is 0.495 e. The molecule has 4 N–H and O–H groups in total. The van der Waals surface area contributed by atoms with Crippen molar-refractivity contribution < 1.29 is 22.7 Å². The first-order chi connectivity index (χ1) is 11.5. The predicted molar refractivity (Wildman–Crippen MR) is 96.4 cm³/mol. The Balaban J connectivity index is 2.83. The minimum Gasteiger partial charge on any atom is -0.495 e. The number of amides is 3. The van der Waals surface area contributed by atoms with Gasteiger partial charge in [0, 0.05) is 11.7 Å². The zero-order valence-corrected chi connectivity index (χ0v) is 15.7. The Bertz CT molecular complexity index is 733. The van der Waals surface area contributed by atoms with Crippen LogP contribution in [0.4, 0.5) is 16.2 Å². The molecule has 1 rings (SSSR count). The van der Waals surface area contributed by atoms with Crippen molar-refractivity contribution in [2.24, 2.45) is 0 Å². The van der Waals surface area contributed by atoms with Crippen LogP contribution in [0.2, 0.25) is 0 Å². The van der Waals surface area contributed by atoms with Gasteiger partial charge >= 0.3 is 6.03 Å². The standard InChI is InChI=1S/C15H24N4O5S/c1-9(2)16-15(21)18-14(20)10(3)17-11-6-7-13(24-4)12(8-11)19-25(5,22)23/h6-10,17,19H,1-5H3,(H2,16,18,20,21). The number of ether oxygens (including phenoxy) is 1. The van der Waals surface area contributed by atoms with E-state index in [4.69, 9.17) is 4.74 Å². The Kier molecular flexibility index (Phi) is 7.04. The Hall–Kier alpha value is -2.49. The van der Waals surface area contributed by atoms with Gasteiger partial charge in [-0.15, -0.1) is 0 Å². The topological polar surface area (TPSA) is 126 Å². The number of benzene rings is 1. The summed E-state index contributed by atoms with van der Waals surface area (Å²) < 4.78 is 30.3. The lowest BCUT2D eigenvalue weighted by Crippen LogP contribution is -2.47. The van der Waals surface area contributed by atoms with Crippen molar-refractivity contribution in [3.63, 3.8) is 0 Å². The quantitative estimate of drug-likeness (QED) is 0.568. The molecule has 0 spiro atoms. The summed E-state index contributed by atoms with van der Waals surface area (Å²) in [5.41, 5.74) is 0.721. The molecule has 1 aromatic rings. The van der Waals surface area contributed by atoms with Crippen molar-refractivity contribution in [1.29, 1.82) is 0 Å². The minimum absolute atomic E-state index is 0.0951. The molecule has 0 aliphatic carbocycles. The van der Waals surface area contributed by atoms with Crippen molar-refractivity contribution in [1.82, 2.24) is 10.6 Å². The lowest BCUT2D eigenvalue weighted by atomic mass is 10.2. The predicted octanol–water partition coefficient (Wildman–Crippen LogP) is 1.10. The summed E-state index contributed by atoms with van der Waals surface area (Å²) in [7, 11) is -2.07. The molecular weight excluding hydrogens is 348 g/mol. The molecule has 0 aliphatic rings. The summed E-state index contributed by atoms with van der Waals surface area (Å²) in [6.45, 7) is 5.13. The minimum atomic E-state index is -3.49. The molecule has 0 radical (unpaired) electrons. The third-order valence-electron chi connectivity index (χ3n) is 2.93. The number of anilines is 2. The molecule has 0 aliphatic heterocycles. The number of carbonyl (C=O) groups excluding carboxylic acids is 2. The van der Waals surface area contributed by atoms with Crippen molar-refractivity contribution in [3.05, 3.63) is 18.2 Å². The van der Waals surface area contributed by atoms with E-state index in [1.54, 1.807) is 32.9 Å².